The van der Waals surface area contributed by atoms with Crippen LogP contribution >= 0.6 is 0 Å². The zero-order chi connectivity index (χ0) is 26.2. The number of nitrogens with zero attached hydrogens (tertiary/aromatic N) is 6. The summed E-state index contributed by atoms with van der Waals surface area (Å²) in [6, 6.07) is 9.49. The maximum Gasteiger partial charge on any atom is 0.290 e. The lowest BCUT2D eigenvalue weighted by atomic mass is 10.1. The fourth-order valence-electron chi connectivity index (χ4n) is 4.44. The standard InChI is InChI=1S/C24H28N6O4.CH2O2/c1-17-13-28-9-10-30(17)24(31)22-20(7-4-8-25-22)33-12-11-29-15-19(26-27-29)16-34-23-18(14-28)5-3-6-21(23)32-2;2-1-3/h3-8,15,17H,9-14,16H2,1-2H3;1H,(H,2,3). The molecule has 1 aromatic carbocycles. The van der Waals surface area contributed by atoms with Crippen molar-refractivity contribution in [2.45, 2.75) is 32.7 Å². The zero-order valence-corrected chi connectivity index (χ0v) is 20.8. The third-order valence-corrected chi connectivity index (χ3v) is 6.15. The number of para-hydroxylation sites is 1. The Morgan fingerprint density at radius 2 is 2.00 bits per heavy atom. The number of hydrogen-bond acceptors (Lipinski definition) is 9. The fraction of sp³-hybridized carbons (Fsp3) is 0.400. The van der Waals surface area contributed by atoms with Crippen LogP contribution in [0.1, 0.15) is 28.7 Å². The van der Waals surface area contributed by atoms with Gasteiger partial charge in [0.25, 0.3) is 12.4 Å². The van der Waals surface area contributed by atoms with E-state index in [1.807, 2.05) is 29.3 Å². The van der Waals surface area contributed by atoms with Gasteiger partial charge in [0, 0.05) is 44.0 Å². The van der Waals surface area contributed by atoms with Crippen LogP contribution in [-0.2, 0) is 24.5 Å². The lowest BCUT2D eigenvalue weighted by Crippen LogP contribution is -2.53. The highest BCUT2D eigenvalue weighted by Crippen LogP contribution is 2.33. The molecular weight excluding hydrogens is 480 g/mol. The number of carbonyl (C=O) groups is 2. The molecule has 2 atom stereocenters. The Morgan fingerprint density at radius 3 is 2.78 bits per heavy atom. The molecule has 1 N–H and O–H groups in total. The van der Waals surface area contributed by atoms with Crippen LogP contribution in [0.15, 0.2) is 42.7 Å². The van der Waals surface area contributed by atoms with E-state index in [0.717, 1.165) is 18.7 Å². The van der Waals surface area contributed by atoms with Gasteiger partial charge in [-0.15, -0.1) is 5.10 Å². The van der Waals surface area contributed by atoms with E-state index < -0.39 is 0 Å². The maximum atomic E-state index is 13.4. The normalized spacial score (nSPS) is 19.5. The smallest absolute Gasteiger partial charge is 0.290 e. The van der Waals surface area contributed by atoms with Crippen LogP contribution in [0.25, 0.3) is 0 Å². The summed E-state index contributed by atoms with van der Waals surface area (Å²) in [4.78, 5) is 30.3. The summed E-state index contributed by atoms with van der Waals surface area (Å²) in [6.07, 6.45) is 3.46. The number of carbonyl (C=O) groups excluding carboxylic acids is 1. The van der Waals surface area contributed by atoms with Gasteiger partial charge in [0.2, 0.25) is 0 Å². The molecule has 4 bridgehead atoms. The van der Waals surface area contributed by atoms with Gasteiger partial charge in [-0.1, -0.05) is 17.3 Å². The number of pyridine rings is 1. The number of ether oxygens (including phenoxy) is 3. The predicted molar refractivity (Wildman–Crippen MR) is 132 cm³/mol. The number of methoxy groups -OCH3 is 1. The molecule has 37 heavy (non-hydrogen) atoms. The van der Waals surface area contributed by atoms with E-state index in [9.17, 15) is 4.79 Å². The Labute approximate surface area is 214 Å². The molecule has 0 aliphatic carbocycles. The highest BCUT2D eigenvalue weighted by atomic mass is 16.5. The molecule has 0 spiro atoms. The van der Waals surface area contributed by atoms with Crippen molar-refractivity contribution < 1.29 is 28.9 Å². The van der Waals surface area contributed by atoms with Crippen molar-refractivity contribution in [2.24, 2.45) is 0 Å². The summed E-state index contributed by atoms with van der Waals surface area (Å²) in [6.45, 7) is 5.66. The monoisotopic (exact) mass is 510 g/mol. The number of carboxylic acid groups (broad SMARTS) is 1. The molecule has 6 rings (SSSR count). The molecule has 3 aliphatic heterocycles. The second kappa shape index (κ2) is 12.2. The molecule has 0 radical (unpaired) electrons. The predicted octanol–water partition coefficient (Wildman–Crippen LogP) is 1.70. The highest BCUT2D eigenvalue weighted by Gasteiger charge is 2.31. The average molecular weight is 511 g/mol. The largest absolute Gasteiger partial charge is 0.493 e. The first-order chi connectivity index (χ1) is 18.0. The zero-order valence-electron chi connectivity index (χ0n) is 20.8. The van der Waals surface area contributed by atoms with Crippen LogP contribution in [0.2, 0.25) is 0 Å². The van der Waals surface area contributed by atoms with E-state index in [2.05, 4.69) is 27.1 Å². The molecule has 1 amide bonds. The molecule has 196 valence electrons. The van der Waals surface area contributed by atoms with E-state index in [-0.39, 0.29) is 25.0 Å². The van der Waals surface area contributed by atoms with E-state index in [1.165, 1.54) is 0 Å². The van der Waals surface area contributed by atoms with Crippen molar-refractivity contribution in [3.8, 4) is 17.2 Å². The van der Waals surface area contributed by atoms with Crippen molar-refractivity contribution in [2.75, 3.05) is 33.4 Å². The molecular formula is C25H30N6O6. The minimum atomic E-state index is -0.250. The van der Waals surface area contributed by atoms with Crippen LogP contribution in [0.3, 0.4) is 0 Å². The Balaban J connectivity index is 0.00000102. The topological polar surface area (TPSA) is 132 Å². The molecule has 2 unspecified atom stereocenters. The van der Waals surface area contributed by atoms with Crippen molar-refractivity contribution in [3.05, 3.63) is 59.7 Å². The van der Waals surface area contributed by atoms with Gasteiger partial charge in [-0.2, -0.15) is 0 Å². The summed E-state index contributed by atoms with van der Waals surface area (Å²) in [5.74, 6) is 1.75. The van der Waals surface area contributed by atoms with Crippen molar-refractivity contribution in [3.63, 3.8) is 0 Å². The highest BCUT2D eigenvalue weighted by molar-refractivity contribution is 5.95. The van der Waals surface area contributed by atoms with Gasteiger partial charge in [0.05, 0.1) is 19.9 Å². The quantitative estimate of drug-likeness (QED) is 0.483. The molecule has 2 aromatic heterocycles. The SMILES string of the molecule is COc1cccc2c1OCc1cn(nn1)CCOc1cccnc1C(=O)N1CCN(C2)CC1C.O=CO. The Hall–Kier alpha value is -4.19. The van der Waals surface area contributed by atoms with Gasteiger partial charge in [0.1, 0.15) is 18.9 Å². The first-order valence-corrected chi connectivity index (χ1v) is 11.9. The maximum absolute atomic E-state index is 13.4. The Bertz CT molecular complexity index is 1220. The minimum absolute atomic E-state index is 0.0228. The number of piperazine rings is 1. The summed E-state index contributed by atoms with van der Waals surface area (Å²) in [5.41, 5.74) is 2.07. The van der Waals surface area contributed by atoms with Crippen LogP contribution in [0.4, 0.5) is 0 Å². The van der Waals surface area contributed by atoms with Crippen molar-refractivity contribution in [1.29, 1.82) is 0 Å². The van der Waals surface area contributed by atoms with E-state index in [4.69, 9.17) is 24.1 Å². The molecule has 5 heterocycles. The summed E-state index contributed by atoms with van der Waals surface area (Å²) < 4.78 is 19.4. The molecule has 0 saturated carbocycles. The van der Waals surface area contributed by atoms with Gasteiger partial charge in [-0.25, -0.2) is 9.67 Å². The van der Waals surface area contributed by atoms with Gasteiger partial charge >= 0.3 is 0 Å². The minimum Gasteiger partial charge on any atom is -0.493 e. The van der Waals surface area contributed by atoms with E-state index in [1.54, 1.807) is 30.1 Å². The number of rotatable bonds is 1. The van der Waals surface area contributed by atoms with Gasteiger partial charge in [0.15, 0.2) is 22.9 Å². The Morgan fingerprint density at radius 1 is 1.16 bits per heavy atom. The summed E-state index contributed by atoms with van der Waals surface area (Å²) >= 11 is 0. The fourth-order valence-corrected chi connectivity index (χ4v) is 4.44. The number of amides is 1. The van der Waals surface area contributed by atoms with Gasteiger partial charge < -0.3 is 24.2 Å². The van der Waals surface area contributed by atoms with E-state index >= 15 is 0 Å². The first-order valence-electron chi connectivity index (χ1n) is 11.9. The van der Waals surface area contributed by atoms with E-state index in [0.29, 0.717) is 54.9 Å². The number of fused-ring (bicyclic) bond motifs is 5. The lowest BCUT2D eigenvalue weighted by Gasteiger charge is -2.40. The molecule has 3 aromatic rings. The molecule has 3 aliphatic rings. The molecule has 1 fully saturated rings. The number of benzene rings is 1. The lowest BCUT2D eigenvalue weighted by molar-refractivity contribution is -0.122. The third-order valence-electron chi connectivity index (χ3n) is 6.15. The van der Waals surface area contributed by atoms with Crippen LogP contribution in [0, 0.1) is 0 Å². The first kappa shape index (κ1) is 25.9. The molecule has 12 nitrogen and oxygen atoms in total. The summed E-state index contributed by atoms with van der Waals surface area (Å²) in [7, 11) is 1.64. The second-order valence-electron chi connectivity index (χ2n) is 8.60. The van der Waals surface area contributed by atoms with Crippen molar-refractivity contribution >= 4 is 12.4 Å². The van der Waals surface area contributed by atoms with Crippen LogP contribution in [0.5, 0.6) is 17.2 Å². The third kappa shape index (κ3) is 6.15. The van der Waals surface area contributed by atoms with Gasteiger partial charge in [-0.05, 0) is 25.1 Å². The van der Waals surface area contributed by atoms with Crippen LogP contribution < -0.4 is 14.2 Å². The molecule has 12 heteroatoms. The second-order valence-corrected chi connectivity index (χ2v) is 8.60. The average Bonchev–Trinajstić information content (AvgIpc) is 3.35. The number of aromatic nitrogens is 4. The van der Waals surface area contributed by atoms with Gasteiger partial charge in [-0.3, -0.25) is 14.5 Å². The van der Waals surface area contributed by atoms with Crippen molar-refractivity contribution in [1.82, 2.24) is 29.8 Å². The molecule has 1 saturated heterocycles. The summed E-state index contributed by atoms with van der Waals surface area (Å²) in [5, 5.41) is 15.3. The Kier molecular flexibility index (Phi) is 8.52. The number of hydrogen-bond donors (Lipinski definition) is 1. The van der Waals surface area contributed by atoms with Crippen LogP contribution in [-0.4, -0.2) is 86.7 Å².